The molecular weight excluding hydrogens is 262 g/mol. The van der Waals surface area contributed by atoms with E-state index in [-0.39, 0.29) is 17.9 Å². The highest BCUT2D eigenvalue weighted by atomic mass is 16.3. The first kappa shape index (κ1) is 14.6. The summed E-state index contributed by atoms with van der Waals surface area (Å²) in [5.41, 5.74) is 1.40. The molecular formula is C18H25NO2. The Morgan fingerprint density at radius 3 is 2.38 bits per heavy atom. The van der Waals surface area contributed by atoms with E-state index >= 15 is 0 Å². The molecule has 21 heavy (non-hydrogen) atoms. The first-order valence-corrected chi connectivity index (χ1v) is 8.24. The minimum absolute atomic E-state index is 0.136. The number of aliphatic hydroxyl groups excluding tert-OH is 1. The highest BCUT2D eigenvalue weighted by Gasteiger charge is 2.31. The highest BCUT2D eigenvalue weighted by molar-refractivity contribution is 5.78. The van der Waals surface area contributed by atoms with E-state index in [2.05, 4.69) is 29.6 Å². The zero-order valence-electron chi connectivity index (χ0n) is 12.5. The van der Waals surface area contributed by atoms with Gasteiger partial charge in [-0.1, -0.05) is 30.3 Å². The third kappa shape index (κ3) is 3.85. The Bertz CT molecular complexity index is 461. The number of aliphatic hydroxyl groups is 1. The van der Waals surface area contributed by atoms with E-state index < -0.39 is 0 Å². The van der Waals surface area contributed by atoms with Gasteiger partial charge in [0.15, 0.2) is 0 Å². The first-order valence-electron chi connectivity index (χ1n) is 8.24. The number of hydrogen-bond donors (Lipinski definition) is 2. The second-order valence-corrected chi connectivity index (χ2v) is 6.61. The van der Waals surface area contributed by atoms with Gasteiger partial charge in [0.2, 0.25) is 5.91 Å². The van der Waals surface area contributed by atoms with Gasteiger partial charge in [-0.3, -0.25) is 4.79 Å². The Morgan fingerprint density at radius 2 is 1.76 bits per heavy atom. The summed E-state index contributed by atoms with van der Waals surface area (Å²) in [7, 11) is 0. The van der Waals surface area contributed by atoms with Crippen LogP contribution in [0.1, 0.15) is 50.0 Å². The van der Waals surface area contributed by atoms with Crippen LogP contribution >= 0.6 is 0 Å². The van der Waals surface area contributed by atoms with Crippen LogP contribution in [-0.2, 0) is 4.79 Å². The van der Waals surface area contributed by atoms with E-state index in [4.69, 9.17) is 0 Å². The van der Waals surface area contributed by atoms with Crippen LogP contribution in [0.3, 0.4) is 0 Å². The third-order valence-corrected chi connectivity index (χ3v) is 5.02. The van der Waals surface area contributed by atoms with Crippen molar-refractivity contribution in [1.82, 2.24) is 5.32 Å². The van der Waals surface area contributed by atoms with Gasteiger partial charge in [-0.05, 0) is 55.9 Å². The molecule has 3 rings (SSSR count). The van der Waals surface area contributed by atoms with Gasteiger partial charge < -0.3 is 10.4 Å². The molecule has 2 aliphatic carbocycles. The topological polar surface area (TPSA) is 49.3 Å². The predicted octanol–water partition coefficient (Wildman–Crippen LogP) is 2.85. The van der Waals surface area contributed by atoms with Gasteiger partial charge >= 0.3 is 0 Å². The molecule has 3 nitrogen and oxygen atoms in total. The standard InChI is InChI=1S/C18H25NO2/c20-17(15-8-9-15)12-19-18(21)16-10-6-14(7-11-16)13-4-2-1-3-5-13/h1-5,14-17,20H,6-12H2,(H,19,21)/t14?,16?,17-/m0/s1. The molecule has 0 radical (unpaired) electrons. The normalized spacial score (nSPS) is 27.1. The van der Waals surface area contributed by atoms with Gasteiger partial charge in [0.1, 0.15) is 0 Å². The molecule has 2 fully saturated rings. The Kier molecular flexibility index (Phi) is 4.59. The van der Waals surface area contributed by atoms with Crippen molar-refractivity contribution >= 4 is 5.91 Å². The van der Waals surface area contributed by atoms with Crippen LogP contribution in [-0.4, -0.2) is 23.7 Å². The number of rotatable bonds is 5. The summed E-state index contributed by atoms with van der Waals surface area (Å²) in [6.07, 6.45) is 5.99. The van der Waals surface area contributed by atoms with Gasteiger partial charge in [0.25, 0.3) is 0 Å². The summed E-state index contributed by atoms with van der Waals surface area (Å²) in [5, 5.41) is 12.8. The van der Waals surface area contributed by atoms with Crippen LogP contribution < -0.4 is 5.32 Å². The summed E-state index contributed by atoms with van der Waals surface area (Å²) in [4.78, 5) is 12.2. The Hall–Kier alpha value is -1.35. The maximum atomic E-state index is 12.2. The summed E-state index contributed by atoms with van der Waals surface area (Å²) in [6.45, 7) is 0.433. The summed E-state index contributed by atoms with van der Waals surface area (Å²) in [5.74, 6) is 1.31. The van der Waals surface area contributed by atoms with E-state index in [1.165, 1.54) is 5.56 Å². The van der Waals surface area contributed by atoms with Gasteiger partial charge in [0.05, 0.1) is 6.10 Å². The van der Waals surface area contributed by atoms with Gasteiger partial charge in [-0.15, -0.1) is 0 Å². The number of hydrogen-bond acceptors (Lipinski definition) is 2. The van der Waals surface area contributed by atoms with Crippen molar-refractivity contribution in [1.29, 1.82) is 0 Å². The fraction of sp³-hybridized carbons (Fsp3) is 0.611. The Balaban J connectivity index is 1.43. The molecule has 1 amide bonds. The molecule has 3 heteroatoms. The highest BCUT2D eigenvalue weighted by Crippen LogP contribution is 2.36. The lowest BCUT2D eigenvalue weighted by molar-refractivity contribution is -0.126. The van der Waals surface area contributed by atoms with Crippen LogP contribution in [0.4, 0.5) is 0 Å². The van der Waals surface area contributed by atoms with E-state index in [0.29, 0.717) is 18.4 Å². The van der Waals surface area contributed by atoms with Gasteiger partial charge in [-0.2, -0.15) is 0 Å². The van der Waals surface area contributed by atoms with Crippen molar-refractivity contribution in [3.8, 4) is 0 Å². The Labute approximate surface area is 126 Å². The molecule has 0 spiro atoms. The van der Waals surface area contributed by atoms with Crippen LogP contribution in [0.25, 0.3) is 0 Å². The monoisotopic (exact) mass is 287 g/mol. The molecule has 0 aromatic heterocycles. The molecule has 0 bridgehead atoms. The number of carbonyl (C=O) groups excluding carboxylic acids is 1. The maximum Gasteiger partial charge on any atom is 0.223 e. The average molecular weight is 287 g/mol. The molecule has 0 saturated heterocycles. The fourth-order valence-corrected chi connectivity index (χ4v) is 3.41. The average Bonchev–Trinajstić information content (AvgIpc) is 3.38. The van der Waals surface area contributed by atoms with Gasteiger partial charge in [-0.25, -0.2) is 0 Å². The maximum absolute atomic E-state index is 12.2. The van der Waals surface area contributed by atoms with E-state index in [1.807, 2.05) is 6.07 Å². The largest absolute Gasteiger partial charge is 0.391 e. The number of amides is 1. The van der Waals surface area contributed by atoms with Crippen LogP contribution in [0.5, 0.6) is 0 Å². The second kappa shape index (κ2) is 6.61. The lowest BCUT2D eigenvalue weighted by atomic mass is 9.78. The number of benzene rings is 1. The molecule has 1 aromatic carbocycles. The van der Waals surface area contributed by atoms with Crippen LogP contribution in [0.15, 0.2) is 30.3 Å². The molecule has 0 aliphatic heterocycles. The molecule has 2 N–H and O–H groups in total. The molecule has 0 unspecified atom stereocenters. The number of carbonyl (C=O) groups is 1. The van der Waals surface area contributed by atoms with Crippen molar-refractivity contribution in [2.45, 2.75) is 50.5 Å². The van der Waals surface area contributed by atoms with E-state index in [0.717, 1.165) is 38.5 Å². The zero-order valence-corrected chi connectivity index (χ0v) is 12.5. The summed E-state index contributed by atoms with van der Waals surface area (Å²) in [6, 6.07) is 10.6. The smallest absolute Gasteiger partial charge is 0.223 e. The molecule has 2 saturated carbocycles. The van der Waals surface area contributed by atoms with Crippen molar-refractivity contribution in [3.05, 3.63) is 35.9 Å². The molecule has 1 aromatic rings. The minimum Gasteiger partial charge on any atom is -0.391 e. The molecule has 0 heterocycles. The third-order valence-electron chi connectivity index (χ3n) is 5.02. The van der Waals surface area contributed by atoms with Gasteiger partial charge in [0, 0.05) is 12.5 Å². The van der Waals surface area contributed by atoms with E-state index in [1.54, 1.807) is 0 Å². The zero-order chi connectivity index (χ0) is 14.7. The van der Waals surface area contributed by atoms with Crippen molar-refractivity contribution in [2.75, 3.05) is 6.54 Å². The predicted molar refractivity (Wildman–Crippen MR) is 82.9 cm³/mol. The van der Waals surface area contributed by atoms with Crippen LogP contribution in [0, 0.1) is 11.8 Å². The van der Waals surface area contributed by atoms with E-state index in [9.17, 15) is 9.90 Å². The lowest BCUT2D eigenvalue weighted by Crippen LogP contribution is -2.38. The fourth-order valence-electron chi connectivity index (χ4n) is 3.41. The number of nitrogens with one attached hydrogen (secondary N) is 1. The molecule has 2 aliphatic rings. The van der Waals surface area contributed by atoms with Crippen molar-refractivity contribution < 1.29 is 9.90 Å². The SMILES string of the molecule is O=C(NC[C@H](O)C1CC1)C1CCC(c2ccccc2)CC1. The van der Waals surface area contributed by atoms with Crippen LogP contribution in [0.2, 0.25) is 0 Å². The van der Waals surface area contributed by atoms with Crippen molar-refractivity contribution in [2.24, 2.45) is 11.8 Å². The quantitative estimate of drug-likeness (QED) is 0.875. The Morgan fingerprint density at radius 1 is 1.10 bits per heavy atom. The molecule has 1 atom stereocenters. The molecule has 114 valence electrons. The lowest BCUT2D eigenvalue weighted by Gasteiger charge is -2.28. The second-order valence-electron chi connectivity index (χ2n) is 6.61. The summed E-state index contributed by atoms with van der Waals surface area (Å²) < 4.78 is 0. The minimum atomic E-state index is -0.338. The van der Waals surface area contributed by atoms with Crippen molar-refractivity contribution in [3.63, 3.8) is 0 Å². The summed E-state index contributed by atoms with van der Waals surface area (Å²) >= 11 is 0. The first-order chi connectivity index (χ1) is 10.2.